The van der Waals surface area contributed by atoms with Crippen LogP contribution in [0.4, 0.5) is 4.39 Å². The average molecular weight is 467 g/mol. The van der Waals surface area contributed by atoms with Crippen LogP contribution in [0.25, 0.3) is 10.8 Å². The van der Waals surface area contributed by atoms with Gasteiger partial charge in [-0.05, 0) is 35.7 Å². The summed E-state index contributed by atoms with van der Waals surface area (Å²) in [7, 11) is -1.13. The van der Waals surface area contributed by atoms with Crippen molar-refractivity contribution in [1.29, 1.82) is 0 Å². The number of fused-ring (bicyclic) bond motifs is 1. The van der Waals surface area contributed by atoms with Crippen LogP contribution in [0.3, 0.4) is 0 Å². The van der Waals surface area contributed by atoms with Gasteiger partial charge in [0.1, 0.15) is 28.3 Å². The van der Waals surface area contributed by atoms with E-state index in [2.05, 4.69) is 4.98 Å². The first kappa shape index (κ1) is 21.8. The third-order valence-electron chi connectivity index (χ3n) is 5.12. The van der Waals surface area contributed by atoms with Crippen LogP contribution in [0.15, 0.2) is 47.5 Å². The molecule has 0 saturated carbocycles. The van der Waals surface area contributed by atoms with Crippen LogP contribution in [-0.4, -0.2) is 51.6 Å². The van der Waals surface area contributed by atoms with Gasteiger partial charge >= 0.3 is 0 Å². The topological polar surface area (TPSA) is 78.0 Å². The molecule has 1 atom stereocenters. The Morgan fingerprint density at radius 2 is 1.90 bits per heavy atom. The molecule has 164 valence electrons. The summed E-state index contributed by atoms with van der Waals surface area (Å²) in [6, 6.07) is 8.87. The van der Waals surface area contributed by atoms with E-state index in [1.54, 1.807) is 18.3 Å². The zero-order valence-electron chi connectivity index (χ0n) is 16.8. The lowest BCUT2D eigenvalue weighted by Gasteiger charge is -2.32. The minimum atomic E-state index is -3.94. The second-order valence-electron chi connectivity index (χ2n) is 6.96. The fourth-order valence-corrected chi connectivity index (χ4v) is 5.39. The predicted octanol–water partition coefficient (Wildman–Crippen LogP) is 3.81. The molecule has 0 radical (unpaired) electrons. The smallest absolute Gasteiger partial charge is 0.246 e. The normalized spacial score (nSPS) is 17.6. The molecule has 0 unspecified atom stereocenters. The summed E-state index contributed by atoms with van der Waals surface area (Å²) in [5.41, 5.74) is 0.526. The summed E-state index contributed by atoms with van der Waals surface area (Å²) in [5, 5.41) is 1.60. The second-order valence-corrected chi connectivity index (χ2v) is 9.27. The summed E-state index contributed by atoms with van der Waals surface area (Å²) in [6.45, 7) is 0.385. The molecule has 3 aromatic rings. The quantitative estimate of drug-likeness (QED) is 0.569. The summed E-state index contributed by atoms with van der Waals surface area (Å²) in [5.74, 6) is 0.0791. The Bertz CT molecular complexity index is 1240. The highest BCUT2D eigenvalue weighted by Gasteiger charge is 2.34. The zero-order valence-corrected chi connectivity index (χ0v) is 18.4. The lowest BCUT2D eigenvalue weighted by atomic mass is 10.1. The van der Waals surface area contributed by atoms with Gasteiger partial charge in [0.2, 0.25) is 10.0 Å². The van der Waals surface area contributed by atoms with E-state index in [0.29, 0.717) is 16.8 Å². The number of hydrogen-bond donors (Lipinski definition) is 0. The fraction of sp³-hybridized carbons (Fsp3) is 0.286. The largest absolute Gasteiger partial charge is 0.495 e. The van der Waals surface area contributed by atoms with E-state index in [9.17, 15) is 12.8 Å². The Balaban J connectivity index is 1.66. The van der Waals surface area contributed by atoms with Gasteiger partial charge in [-0.15, -0.1) is 0 Å². The number of morpholine rings is 1. The highest BCUT2D eigenvalue weighted by Crippen LogP contribution is 2.37. The van der Waals surface area contributed by atoms with Crippen LogP contribution in [-0.2, 0) is 14.8 Å². The number of pyridine rings is 1. The molecule has 1 aromatic heterocycles. The van der Waals surface area contributed by atoms with Gasteiger partial charge < -0.3 is 14.2 Å². The summed E-state index contributed by atoms with van der Waals surface area (Å²) < 4.78 is 57.8. The van der Waals surface area contributed by atoms with Crippen LogP contribution in [0.5, 0.6) is 11.5 Å². The van der Waals surface area contributed by atoms with Gasteiger partial charge in [0.05, 0.1) is 31.5 Å². The third kappa shape index (κ3) is 4.18. The summed E-state index contributed by atoms with van der Waals surface area (Å²) in [4.78, 5) is 4.33. The maximum atomic E-state index is 13.6. The molecule has 0 bridgehead atoms. The summed E-state index contributed by atoms with van der Waals surface area (Å²) in [6.07, 6.45) is 1.02. The van der Waals surface area contributed by atoms with Crippen molar-refractivity contribution < 1.29 is 27.0 Å². The highest BCUT2D eigenvalue weighted by atomic mass is 35.5. The van der Waals surface area contributed by atoms with Gasteiger partial charge in [-0.25, -0.2) is 12.8 Å². The maximum Gasteiger partial charge on any atom is 0.246 e. The van der Waals surface area contributed by atoms with Gasteiger partial charge in [-0.1, -0.05) is 11.6 Å². The van der Waals surface area contributed by atoms with E-state index in [0.717, 1.165) is 5.39 Å². The molecule has 1 saturated heterocycles. The number of aromatic nitrogens is 1. The van der Waals surface area contributed by atoms with Crippen molar-refractivity contribution in [3.8, 4) is 11.5 Å². The van der Waals surface area contributed by atoms with Gasteiger partial charge in [0, 0.05) is 30.7 Å². The number of halogens is 2. The Kier molecular flexibility index (Phi) is 6.02. The molecule has 1 aliphatic rings. The zero-order chi connectivity index (χ0) is 22.2. The van der Waals surface area contributed by atoms with Gasteiger partial charge in [0.25, 0.3) is 0 Å². The SMILES string of the molecule is COc1cc(OC)c(S(=O)(=O)N2CCO[C@H](c3cc4cc(F)ccc4cn3)C2)cc1Cl. The van der Waals surface area contributed by atoms with Crippen LogP contribution in [0.2, 0.25) is 5.02 Å². The van der Waals surface area contributed by atoms with Crippen molar-refractivity contribution in [2.24, 2.45) is 0 Å². The highest BCUT2D eigenvalue weighted by molar-refractivity contribution is 7.89. The standard InChI is InChI=1S/C21H20ClFN2O5S/c1-28-18-10-19(29-2)21(9-16(18)22)31(26,27)25-5-6-30-20(12-25)17-8-14-7-15(23)4-3-13(14)11-24-17/h3-4,7-11,20H,5-6,12H2,1-2H3/t20-/m0/s1. The van der Waals surface area contributed by atoms with Gasteiger partial charge in [-0.2, -0.15) is 4.31 Å². The minimum absolute atomic E-state index is 0.0446. The molecule has 1 aliphatic heterocycles. The van der Waals surface area contributed by atoms with E-state index >= 15 is 0 Å². The Morgan fingerprint density at radius 1 is 1.13 bits per heavy atom. The Labute approximate surface area is 184 Å². The number of rotatable bonds is 5. The van der Waals surface area contributed by atoms with Crippen LogP contribution >= 0.6 is 11.6 Å². The second kappa shape index (κ2) is 8.58. The lowest BCUT2D eigenvalue weighted by molar-refractivity contribution is -0.00488. The van der Waals surface area contributed by atoms with Crippen LogP contribution in [0, 0.1) is 5.82 Å². The molecule has 4 rings (SSSR count). The van der Waals surface area contributed by atoms with Crippen molar-refractivity contribution in [2.75, 3.05) is 33.9 Å². The molecule has 0 amide bonds. The van der Waals surface area contributed by atoms with Crippen LogP contribution < -0.4 is 9.47 Å². The average Bonchev–Trinajstić information content (AvgIpc) is 2.78. The van der Waals surface area contributed by atoms with E-state index in [1.165, 1.54) is 42.8 Å². The first-order valence-electron chi connectivity index (χ1n) is 9.42. The molecule has 31 heavy (non-hydrogen) atoms. The molecular weight excluding hydrogens is 447 g/mol. The van der Waals surface area contributed by atoms with Gasteiger partial charge in [0.15, 0.2) is 0 Å². The molecule has 0 aliphatic carbocycles. The lowest BCUT2D eigenvalue weighted by Crippen LogP contribution is -2.42. The third-order valence-corrected chi connectivity index (χ3v) is 7.30. The monoisotopic (exact) mass is 466 g/mol. The minimum Gasteiger partial charge on any atom is -0.495 e. The number of sulfonamides is 1. The van der Waals surface area contributed by atoms with E-state index in [-0.39, 0.29) is 41.2 Å². The van der Waals surface area contributed by atoms with Crippen molar-refractivity contribution in [3.63, 3.8) is 0 Å². The van der Waals surface area contributed by atoms with E-state index in [4.69, 9.17) is 25.8 Å². The van der Waals surface area contributed by atoms with Crippen molar-refractivity contribution >= 4 is 32.4 Å². The fourth-order valence-electron chi connectivity index (χ4n) is 3.50. The molecule has 0 spiro atoms. The number of methoxy groups -OCH3 is 2. The molecule has 2 heterocycles. The van der Waals surface area contributed by atoms with Crippen molar-refractivity contribution in [2.45, 2.75) is 11.0 Å². The molecule has 7 nitrogen and oxygen atoms in total. The first-order valence-corrected chi connectivity index (χ1v) is 11.2. The van der Waals surface area contributed by atoms with Gasteiger partial charge in [-0.3, -0.25) is 4.98 Å². The Morgan fingerprint density at radius 3 is 2.65 bits per heavy atom. The molecule has 0 N–H and O–H groups in total. The molecular formula is C21H20ClFN2O5S. The predicted molar refractivity (Wildman–Crippen MR) is 114 cm³/mol. The van der Waals surface area contributed by atoms with Crippen molar-refractivity contribution in [3.05, 3.63) is 59.1 Å². The maximum absolute atomic E-state index is 13.6. The van der Waals surface area contributed by atoms with Crippen LogP contribution in [0.1, 0.15) is 11.8 Å². The number of hydrogen-bond acceptors (Lipinski definition) is 6. The number of nitrogens with zero attached hydrogens (tertiary/aromatic N) is 2. The van der Waals surface area contributed by atoms with E-state index in [1.807, 2.05) is 0 Å². The Hall–Kier alpha value is -2.46. The summed E-state index contributed by atoms with van der Waals surface area (Å²) >= 11 is 6.17. The van der Waals surface area contributed by atoms with E-state index < -0.39 is 16.1 Å². The first-order chi connectivity index (χ1) is 14.8. The number of ether oxygens (including phenoxy) is 3. The number of benzene rings is 2. The molecule has 10 heteroatoms. The molecule has 1 fully saturated rings. The van der Waals surface area contributed by atoms with Crippen molar-refractivity contribution in [1.82, 2.24) is 9.29 Å². The molecule has 2 aromatic carbocycles.